The Morgan fingerprint density at radius 3 is 2.52 bits per heavy atom. The molecule has 1 amide bonds. The lowest BCUT2D eigenvalue weighted by atomic mass is 10.1. The smallest absolute Gasteiger partial charge is 0.270 e. The summed E-state index contributed by atoms with van der Waals surface area (Å²) < 4.78 is 1.97. The molecule has 1 saturated heterocycles. The molecule has 0 radical (unpaired) electrons. The largest absolute Gasteiger partial charge is 0.354 e. The number of carbonyl (C=O) groups is 2. The quantitative estimate of drug-likeness (QED) is 0.702. The molecule has 7 nitrogen and oxygen atoms in total. The maximum atomic E-state index is 12.6. The molecule has 0 saturated carbocycles. The molecule has 2 aliphatic heterocycles. The van der Waals surface area contributed by atoms with Crippen LogP contribution in [0.5, 0.6) is 0 Å². The number of aromatic nitrogens is 2. The molecular formula is C22H29N5O2. The van der Waals surface area contributed by atoms with Crippen molar-refractivity contribution in [3.05, 3.63) is 47.9 Å². The molecule has 0 unspecified atom stereocenters. The highest BCUT2D eigenvalue weighted by Crippen LogP contribution is 2.20. The summed E-state index contributed by atoms with van der Waals surface area (Å²) in [6, 6.07) is 7.86. The average Bonchev–Trinajstić information content (AvgIpc) is 3.15. The lowest BCUT2D eigenvalue weighted by Crippen LogP contribution is -2.46. The van der Waals surface area contributed by atoms with Crippen LogP contribution in [0.25, 0.3) is 0 Å². The number of unbranched alkanes of at least 4 members (excludes halogenated alkanes) is 1. The first-order valence-electron chi connectivity index (χ1n) is 10.5. The van der Waals surface area contributed by atoms with E-state index in [9.17, 15) is 9.59 Å². The summed E-state index contributed by atoms with van der Waals surface area (Å²) in [4.78, 5) is 35.8. The van der Waals surface area contributed by atoms with E-state index in [1.165, 1.54) is 0 Å². The van der Waals surface area contributed by atoms with Crippen molar-refractivity contribution in [2.45, 2.75) is 25.8 Å². The van der Waals surface area contributed by atoms with E-state index in [0.717, 1.165) is 57.9 Å². The highest BCUT2D eigenvalue weighted by molar-refractivity contribution is 6.08. The Balaban J connectivity index is 1.25. The number of Topliss-reactive ketones (excluding diaryl/α,β-unsaturated/α-hetero) is 1. The molecule has 4 heterocycles. The standard InChI is InChI=1S/C22H29N5O2/c1-24-12-8-19(28)18-7-13-27(21(18)22(24)29)11-5-4-10-25-14-16-26(17-15-25)20-6-2-3-9-23-20/h2-3,6-7,9,13H,4-5,8,10-12,14-17H2,1H3. The number of anilines is 1. The van der Waals surface area contributed by atoms with Crippen LogP contribution in [0.2, 0.25) is 0 Å². The van der Waals surface area contributed by atoms with Crippen LogP contribution >= 0.6 is 0 Å². The number of rotatable bonds is 6. The Kier molecular flexibility index (Phi) is 5.94. The van der Waals surface area contributed by atoms with Gasteiger partial charge in [0.25, 0.3) is 5.91 Å². The van der Waals surface area contributed by atoms with Gasteiger partial charge in [0.2, 0.25) is 0 Å². The molecule has 0 bridgehead atoms. The van der Waals surface area contributed by atoms with Crippen LogP contribution in [0, 0.1) is 0 Å². The van der Waals surface area contributed by atoms with Gasteiger partial charge in [-0.2, -0.15) is 0 Å². The van der Waals surface area contributed by atoms with Gasteiger partial charge in [0.05, 0.1) is 0 Å². The second-order valence-electron chi connectivity index (χ2n) is 7.90. The van der Waals surface area contributed by atoms with Crippen LogP contribution in [-0.4, -0.2) is 77.4 Å². The molecule has 0 spiro atoms. The number of piperazine rings is 1. The van der Waals surface area contributed by atoms with Gasteiger partial charge in [-0.1, -0.05) is 6.07 Å². The van der Waals surface area contributed by atoms with Crippen molar-refractivity contribution in [2.75, 3.05) is 51.2 Å². The van der Waals surface area contributed by atoms with E-state index in [2.05, 4.69) is 20.9 Å². The van der Waals surface area contributed by atoms with Gasteiger partial charge < -0.3 is 14.4 Å². The monoisotopic (exact) mass is 395 g/mol. The minimum absolute atomic E-state index is 0.0403. The molecule has 1 fully saturated rings. The van der Waals surface area contributed by atoms with Crippen LogP contribution in [0.1, 0.15) is 40.1 Å². The molecule has 0 aliphatic carbocycles. The van der Waals surface area contributed by atoms with Crippen molar-refractivity contribution < 1.29 is 9.59 Å². The number of carbonyl (C=O) groups excluding carboxylic acids is 2. The summed E-state index contributed by atoms with van der Waals surface area (Å²) in [6.45, 7) is 6.44. The first kappa shape index (κ1) is 19.6. The van der Waals surface area contributed by atoms with Gasteiger partial charge in [-0.25, -0.2) is 4.98 Å². The summed E-state index contributed by atoms with van der Waals surface area (Å²) in [5, 5.41) is 0. The maximum Gasteiger partial charge on any atom is 0.270 e. The first-order valence-corrected chi connectivity index (χ1v) is 10.5. The van der Waals surface area contributed by atoms with Crippen LogP contribution in [0.15, 0.2) is 36.7 Å². The van der Waals surface area contributed by atoms with Gasteiger partial charge in [0, 0.05) is 70.7 Å². The molecule has 2 aliphatic rings. The third-order valence-electron chi connectivity index (χ3n) is 5.96. The second kappa shape index (κ2) is 8.78. The van der Waals surface area contributed by atoms with E-state index >= 15 is 0 Å². The lowest BCUT2D eigenvalue weighted by Gasteiger charge is -2.35. The van der Waals surface area contributed by atoms with Crippen molar-refractivity contribution in [1.29, 1.82) is 0 Å². The molecule has 7 heteroatoms. The molecule has 0 atom stereocenters. The predicted molar refractivity (Wildman–Crippen MR) is 112 cm³/mol. The highest BCUT2D eigenvalue weighted by Gasteiger charge is 2.28. The third kappa shape index (κ3) is 4.34. The first-order chi connectivity index (χ1) is 14.1. The topological polar surface area (TPSA) is 61.7 Å². The van der Waals surface area contributed by atoms with Gasteiger partial charge in [-0.15, -0.1) is 0 Å². The minimum atomic E-state index is -0.0403. The van der Waals surface area contributed by atoms with Gasteiger partial charge >= 0.3 is 0 Å². The van der Waals surface area contributed by atoms with E-state index in [1.54, 1.807) is 11.9 Å². The maximum absolute atomic E-state index is 12.6. The van der Waals surface area contributed by atoms with Crippen molar-refractivity contribution in [2.24, 2.45) is 0 Å². The van der Waals surface area contributed by atoms with Crippen LogP contribution in [0.3, 0.4) is 0 Å². The number of aryl methyl sites for hydroxylation is 1. The van der Waals surface area contributed by atoms with Gasteiger partial charge in [0.15, 0.2) is 5.78 Å². The zero-order valence-electron chi connectivity index (χ0n) is 17.1. The average molecular weight is 396 g/mol. The Labute approximate surface area is 171 Å². The number of fused-ring (bicyclic) bond motifs is 1. The summed E-state index contributed by atoms with van der Waals surface area (Å²) >= 11 is 0. The molecular weight excluding hydrogens is 366 g/mol. The number of ketones is 1. The summed E-state index contributed by atoms with van der Waals surface area (Å²) in [7, 11) is 1.77. The van der Waals surface area contributed by atoms with Crippen molar-refractivity contribution in [3.8, 4) is 0 Å². The van der Waals surface area contributed by atoms with Crippen LogP contribution in [-0.2, 0) is 6.54 Å². The molecule has 2 aromatic heterocycles. The molecule has 154 valence electrons. The molecule has 0 aromatic carbocycles. The Morgan fingerprint density at radius 2 is 1.76 bits per heavy atom. The van der Waals surface area contributed by atoms with E-state index in [0.29, 0.717) is 24.2 Å². The Bertz CT molecular complexity index is 855. The zero-order chi connectivity index (χ0) is 20.2. The third-order valence-corrected chi connectivity index (χ3v) is 5.96. The molecule has 4 rings (SSSR count). The summed E-state index contributed by atoms with van der Waals surface area (Å²) in [6.07, 6.45) is 6.22. The predicted octanol–water partition coefficient (Wildman–Crippen LogP) is 2.14. The van der Waals surface area contributed by atoms with Gasteiger partial charge in [-0.05, 0) is 37.6 Å². The highest BCUT2D eigenvalue weighted by atomic mass is 16.2. The van der Waals surface area contributed by atoms with Crippen LogP contribution in [0.4, 0.5) is 5.82 Å². The number of nitrogens with zero attached hydrogens (tertiary/aromatic N) is 5. The Hall–Kier alpha value is -2.67. The number of hydrogen-bond donors (Lipinski definition) is 0. The number of pyridine rings is 1. The van der Waals surface area contributed by atoms with Gasteiger partial charge in [-0.3, -0.25) is 14.5 Å². The lowest BCUT2D eigenvalue weighted by molar-refractivity contribution is 0.0787. The van der Waals surface area contributed by atoms with E-state index in [-0.39, 0.29) is 11.7 Å². The van der Waals surface area contributed by atoms with E-state index in [1.807, 2.05) is 35.2 Å². The molecule has 2 aromatic rings. The van der Waals surface area contributed by atoms with Gasteiger partial charge in [0.1, 0.15) is 11.5 Å². The van der Waals surface area contributed by atoms with Crippen molar-refractivity contribution >= 4 is 17.5 Å². The van der Waals surface area contributed by atoms with Crippen molar-refractivity contribution in [3.63, 3.8) is 0 Å². The summed E-state index contributed by atoms with van der Waals surface area (Å²) in [5.41, 5.74) is 1.16. The fourth-order valence-corrected chi connectivity index (χ4v) is 4.17. The minimum Gasteiger partial charge on any atom is -0.354 e. The zero-order valence-corrected chi connectivity index (χ0v) is 17.1. The number of hydrogen-bond acceptors (Lipinski definition) is 5. The molecule has 0 N–H and O–H groups in total. The number of amides is 1. The fourth-order valence-electron chi connectivity index (χ4n) is 4.17. The fraction of sp³-hybridized carbons (Fsp3) is 0.500. The van der Waals surface area contributed by atoms with Crippen LogP contribution < -0.4 is 4.90 Å². The molecule has 29 heavy (non-hydrogen) atoms. The summed E-state index contributed by atoms with van der Waals surface area (Å²) in [5.74, 6) is 1.09. The van der Waals surface area contributed by atoms with Crippen molar-refractivity contribution in [1.82, 2.24) is 19.4 Å². The SMILES string of the molecule is CN1CCC(=O)c2ccn(CCCCN3CCN(c4ccccn4)CC3)c2C1=O. The second-order valence-corrected chi connectivity index (χ2v) is 7.90. The van der Waals surface area contributed by atoms with E-state index < -0.39 is 0 Å². The van der Waals surface area contributed by atoms with E-state index in [4.69, 9.17) is 0 Å². The normalized spacial score (nSPS) is 18.1. The Morgan fingerprint density at radius 1 is 0.966 bits per heavy atom.